The van der Waals surface area contributed by atoms with Crippen LogP contribution >= 0.6 is 0 Å². The molecule has 0 aromatic rings. The highest BCUT2D eigenvalue weighted by Gasteiger charge is 2.16. The first-order valence-corrected chi connectivity index (χ1v) is 19.8. The number of hydrogen-bond acceptors (Lipinski definition) is 12. The zero-order valence-corrected chi connectivity index (χ0v) is 32.3. The van der Waals surface area contributed by atoms with E-state index in [1.165, 1.54) is 0 Å². The van der Waals surface area contributed by atoms with Crippen molar-refractivity contribution >= 4 is 23.9 Å². The molecule has 292 valence electrons. The van der Waals surface area contributed by atoms with Crippen molar-refractivity contribution in [1.82, 2.24) is 19.6 Å². The van der Waals surface area contributed by atoms with Crippen LogP contribution in [0.3, 0.4) is 0 Å². The van der Waals surface area contributed by atoms with Crippen LogP contribution in [0.15, 0.2) is 0 Å². The molecule has 1 fully saturated rings. The van der Waals surface area contributed by atoms with Gasteiger partial charge in [0.25, 0.3) is 0 Å². The molecule has 50 heavy (non-hydrogen) atoms. The maximum absolute atomic E-state index is 11.9. The fourth-order valence-corrected chi connectivity index (χ4v) is 6.29. The Morgan fingerprint density at radius 1 is 0.360 bits per heavy atom. The van der Waals surface area contributed by atoms with Gasteiger partial charge < -0.3 is 38.5 Å². The molecule has 12 nitrogen and oxygen atoms in total. The Bertz CT molecular complexity index is 755. The zero-order chi connectivity index (χ0) is 36.7. The van der Waals surface area contributed by atoms with Gasteiger partial charge in [0, 0.05) is 51.9 Å². The third-order valence-corrected chi connectivity index (χ3v) is 9.00. The average Bonchev–Trinajstić information content (AvgIpc) is 3.08. The quantitative estimate of drug-likeness (QED) is 0.0768. The Labute approximate surface area is 303 Å². The second-order valence-corrected chi connectivity index (χ2v) is 13.1. The van der Waals surface area contributed by atoms with E-state index >= 15 is 0 Å². The van der Waals surface area contributed by atoms with E-state index in [4.69, 9.17) is 18.9 Å². The average molecular weight is 713 g/mol. The van der Waals surface area contributed by atoms with Crippen LogP contribution in [0.25, 0.3) is 0 Å². The van der Waals surface area contributed by atoms with Gasteiger partial charge in [-0.2, -0.15) is 0 Å². The van der Waals surface area contributed by atoms with E-state index in [-0.39, 0.29) is 23.9 Å². The topological polar surface area (TPSA) is 118 Å². The van der Waals surface area contributed by atoms with E-state index in [2.05, 4.69) is 19.6 Å². The molecule has 0 aromatic heterocycles. The van der Waals surface area contributed by atoms with Crippen molar-refractivity contribution in [2.45, 2.75) is 118 Å². The second kappa shape index (κ2) is 31.5. The third-order valence-electron chi connectivity index (χ3n) is 9.00. The number of carbonyl (C=O) groups excluding carboxylic acids is 4. The van der Waals surface area contributed by atoms with Gasteiger partial charge in [-0.1, -0.05) is 0 Å². The lowest BCUT2D eigenvalue weighted by Gasteiger charge is -2.32. The summed E-state index contributed by atoms with van der Waals surface area (Å²) in [5.41, 5.74) is 0. The highest BCUT2D eigenvalue weighted by atomic mass is 16.5. The van der Waals surface area contributed by atoms with Gasteiger partial charge in [0.15, 0.2) is 0 Å². The number of unbranched alkanes of at least 4 members (excludes halogenated alkanes) is 4. The molecule has 0 aliphatic carbocycles. The lowest BCUT2D eigenvalue weighted by Crippen LogP contribution is -2.42. The molecule has 0 atom stereocenters. The number of esters is 4. The van der Waals surface area contributed by atoms with Crippen LogP contribution in [-0.4, -0.2) is 148 Å². The molecule has 0 spiro atoms. The van der Waals surface area contributed by atoms with E-state index in [0.29, 0.717) is 52.1 Å². The summed E-state index contributed by atoms with van der Waals surface area (Å²) >= 11 is 0. The van der Waals surface area contributed by atoms with Crippen LogP contribution in [0.5, 0.6) is 0 Å². The Hall–Kier alpha value is -2.28. The van der Waals surface area contributed by atoms with E-state index in [1.54, 1.807) is 0 Å². The first-order chi connectivity index (χ1) is 24.3. The normalized spacial score (nSPS) is 16.4. The number of hydrogen-bond donors (Lipinski definition) is 0. The Morgan fingerprint density at radius 3 is 0.780 bits per heavy atom. The second-order valence-electron chi connectivity index (χ2n) is 13.1. The predicted molar refractivity (Wildman–Crippen MR) is 197 cm³/mol. The van der Waals surface area contributed by atoms with Gasteiger partial charge in [0.1, 0.15) is 0 Å². The minimum atomic E-state index is -0.117. The molecular weight excluding hydrogens is 640 g/mol. The summed E-state index contributed by atoms with van der Waals surface area (Å²) in [5.74, 6) is -0.466. The van der Waals surface area contributed by atoms with E-state index < -0.39 is 0 Å². The SMILES string of the molecule is CCOC(=O)CCCCN1CCCN(CCCCC(=O)OCC)CCN(CCCCC(=O)OCC)CCCN(CCCCC(=O)OCC)CC1. The van der Waals surface area contributed by atoms with Crippen LogP contribution in [-0.2, 0) is 38.1 Å². The van der Waals surface area contributed by atoms with Gasteiger partial charge >= 0.3 is 23.9 Å². The molecule has 0 bridgehead atoms. The van der Waals surface area contributed by atoms with Crippen molar-refractivity contribution < 1.29 is 38.1 Å². The van der Waals surface area contributed by atoms with Crippen LogP contribution in [0.2, 0.25) is 0 Å². The molecule has 0 radical (unpaired) electrons. The highest BCUT2D eigenvalue weighted by molar-refractivity contribution is 5.70. The van der Waals surface area contributed by atoms with Crippen LogP contribution < -0.4 is 0 Å². The Kier molecular flexibility index (Phi) is 28.8. The van der Waals surface area contributed by atoms with Gasteiger partial charge in [-0.15, -0.1) is 0 Å². The summed E-state index contributed by atoms with van der Waals surface area (Å²) in [6, 6.07) is 0. The fourth-order valence-electron chi connectivity index (χ4n) is 6.29. The number of rotatable bonds is 24. The molecule has 1 aliphatic rings. The summed E-state index contributed by atoms with van der Waals surface area (Å²) in [6.07, 6.45) is 11.1. The molecule has 0 N–H and O–H groups in total. The number of nitrogens with zero attached hydrogens (tertiary/aromatic N) is 4. The third kappa shape index (κ3) is 25.6. The van der Waals surface area contributed by atoms with Crippen molar-refractivity contribution in [2.24, 2.45) is 0 Å². The number of carbonyl (C=O) groups is 4. The predicted octanol–water partition coefficient (Wildman–Crippen LogP) is 4.92. The largest absolute Gasteiger partial charge is 0.466 e. The van der Waals surface area contributed by atoms with Crippen molar-refractivity contribution in [1.29, 1.82) is 0 Å². The lowest BCUT2D eigenvalue weighted by molar-refractivity contribution is -0.144. The van der Waals surface area contributed by atoms with Crippen molar-refractivity contribution in [3.63, 3.8) is 0 Å². The van der Waals surface area contributed by atoms with Crippen LogP contribution in [0, 0.1) is 0 Å². The van der Waals surface area contributed by atoms with Gasteiger partial charge in [-0.3, -0.25) is 19.2 Å². The van der Waals surface area contributed by atoms with Crippen LogP contribution in [0.1, 0.15) is 118 Å². The molecule has 0 aromatic carbocycles. The maximum atomic E-state index is 11.9. The van der Waals surface area contributed by atoms with Gasteiger partial charge in [-0.05, 0) is 144 Å². The van der Waals surface area contributed by atoms with Gasteiger partial charge in [0.05, 0.1) is 26.4 Å². The highest BCUT2D eigenvalue weighted by Crippen LogP contribution is 2.10. The molecule has 1 aliphatic heterocycles. The molecule has 0 amide bonds. The minimum absolute atomic E-state index is 0.117. The summed E-state index contributed by atoms with van der Waals surface area (Å²) in [4.78, 5) is 57.8. The van der Waals surface area contributed by atoms with Crippen molar-refractivity contribution in [3.8, 4) is 0 Å². The molecule has 1 rings (SSSR count). The summed E-state index contributed by atoms with van der Waals surface area (Å²) in [5, 5.41) is 0. The van der Waals surface area contributed by atoms with Gasteiger partial charge in [-0.25, -0.2) is 0 Å². The Morgan fingerprint density at radius 2 is 0.580 bits per heavy atom. The van der Waals surface area contributed by atoms with Crippen LogP contribution in [0.4, 0.5) is 0 Å². The smallest absolute Gasteiger partial charge is 0.305 e. The molecule has 1 heterocycles. The van der Waals surface area contributed by atoms with E-state index in [0.717, 1.165) is 143 Å². The molecule has 0 saturated carbocycles. The monoisotopic (exact) mass is 713 g/mol. The first-order valence-electron chi connectivity index (χ1n) is 19.8. The van der Waals surface area contributed by atoms with E-state index in [1.807, 2.05) is 27.7 Å². The maximum Gasteiger partial charge on any atom is 0.305 e. The van der Waals surface area contributed by atoms with E-state index in [9.17, 15) is 19.2 Å². The molecular formula is C38H72N4O8. The molecule has 0 unspecified atom stereocenters. The van der Waals surface area contributed by atoms with Gasteiger partial charge in [0.2, 0.25) is 0 Å². The Balaban J connectivity index is 2.92. The summed E-state index contributed by atoms with van der Waals surface area (Å²) in [6.45, 7) is 20.7. The lowest BCUT2D eigenvalue weighted by atomic mass is 10.2. The van der Waals surface area contributed by atoms with Crippen molar-refractivity contribution in [3.05, 3.63) is 0 Å². The molecule has 1 saturated heterocycles. The fraction of sp³-hybridized carbons (Fsp3) is 0.895. The standard InChI is InChI=1S/C38H72N4O8/c1-5-47-35(43)19-9-13-23-39-27-17-28-41(25-15-11-21-37(45)49-7-3)33-34-42(26-16-12-22-38(46)50-8-4)30-18-29-40(32-31-39)24-14-10-20-36(44)48-6-2/h5-34H2,1-4H3. The summed E-state index contributed by atoms with van der Waals surface area (Å²) in [7, 11) is 0. The number of ether oxygens (including phenoxy) is 4. The zero-order valence-electron chi connectivity index (χ0n) is 32.3. The minimum Gasteiger partial charge on any atom is -0.466 e. The summed E-state index contributed by atoms with van der Waals surface area (Å²) < 4.78 is 20.5. The first kappa shape index (κ1) is 45.7. The molecule has 12 heteroatoms. The van der Waals surface area contributed by atoms with Crippen molar-refractivity contribution in [2.75, 3.05) is 105 Å².